The molecule has 3 N–H and O–H groups in total. The molecule has 3 aliphatic carbocycles. The normalized spacial score (nSPS) is 36.4. The van der Waals surface area contributed by atoms with Gasteiger partial charge in [0.05, 0.1) is 30.2 Å². The van der Waals surface area contributed by atoms with Gasteiger partial charge >= 0.3 is 24.0 Å². The first-order valence-electron chi connectivity index (χ1n) is 19.8. The third-order valence-corrected chi connectivity index (χ3v) is 13.0. The number of nitrogens with one attached hydrogen (secondary N) is 1. The van der Waals surface area contributed by atoms with Gasteiger partial charge in [-0.3, -0.25) is 4.79 Å². The van der Waals surface area contributed by atoms with Gasteiger partial charge in [0.2, 0.25) is 0 Å². The van der Waals surface area contributed by atoms with Crippen LogP contribution in [0.1, 0.15) is 98.9 Å². The van der Waals surface area contributed by atoms with Crippen LogP contribution in [0.3, 0.4) is 0 Å². The number of hydrogen-bond acceptors (Lipinski definition) is 13. The lowest BCUT2D eigenvalue weighted by Crippen LogP contribution is -2.79. The fraction of sp³-hybridized carbons (Fsp3) is 0.674. The Labute approximate surface area is 334 Å². The van der Waals surface area contributed by atoms with Gasteiger partial charge in [0.15, 0.2) is 18.0 Å². The van der Waals surface area contributed by atoms with E-state index in [9.17, 15) is 29.4 Å². The molecular weight excluding hydrogens is 738 g/mol. The highest BCUT2D eigenvalue weighted by Gasteiger charge is 2.77. The van der Waals surface area contributed by atoms with Crippen LogP contribution in [0.5, 0.6) is 0 Å². The quantitative estimate of drug-likeness (QED) is 0.174. The molecule has 0 aromatic heterocycles. The van der Waals surface area contributed by atoms with E-state index in [-0.39, 0.29) is 18.6 Å². The van der Waals surface area contributed by atoms with E-state index in [4.69, 9.17) is 33.2 Å². The van der Waals surface area contributed by atoms with E-state index in [1.54, 1.807) is 71.9 Å². The molecule has 14 nitrogen and oxygen atoms in total. The molecule has 57 heavy (non-hydrogen) atoms. The van der Waals surface area contributed by atoms with Crippen molar-refractivity contribution in [3.63, 3.8) is 0 Å². The molecular formula is C43H59NO13. The minimum absolute atomic E-state index is 0.0237. The Balaban J connectivity index is 1.51. The van der Waals surface area contributed by atoms with Gasteiger partial charge in [-0.25, -0.2) is 14.4 Å². The Bertz CT molecular complexity index is 1790. The van der Waals surface area contributed by atoms with Crippen LogP contribution < -0.4 is 5.32 Å². The van der Waals surface area contributed by atoms with E-state index in [0.29, 0.717) is 24.0 Å². The molecule has 2 aliphatic heterocycles. The molecule has 5 aliphatic rings. The van der Waals surface area contributed by atoms with Gasteiger partial charge in [-0.05, 0) is 75.8 Å². The summed E-state index contributed by atoms with van der Waals surface area (Å²) in [4.78, 5) is 54.1. The Hall–Kier alpha value is -3.82. The number of hydrogen-bond donors (Lipinski definition) is 3. The van der Waals surface area contributed by atoms with E-state index < -0.39 is 112 Å². The molecule has 0 spiro atoms. The molecule has 2 saturated carbocycles. The number of benzene rings is 1. The summed E-state index contributed by atoms with van der Waals surface area (Å²) in [6.45, 7) is 21.2. The van der Waals surface area contributed by atoms with Crippen LogP contribution in [-0.4, -0.2) is 107 Å². The number of fused-ring (bicyclic) bond motifs is 8. The number of aliphatic hydroxyl groups excluding tert-OH is 1. The fourth-order valence-corrected chi connectivity index (χ4v) is 10.2. The van der Waals surface area contributed by atoms with Gasteiger partial charge in [0, 0.05) is 24.2 Å². The Kier molecular flexibility index (Phi) is 11.3. The minimum Gasteiger partial charge on any atom is -0.456 e. The Morgan fingerprint density at radius 1 is 1.05 bits per heavy atom. The van der Waals surface area contributed by atoms with Crippen LogP contribution in [0.4, 0.5) is 4.79 Å². The molecule has 2 saturated heterocycles. The number of rotatable bonds is 9. The average Bonchev–Trinajstić information content (AvgIpc) is 3.54. The molecule has 1 aromatic rings. The number of amides is 1. The van der Waals surface area contributed by atoms with Gasteiger partial charge in [-0.15, -0.1) is 0 Å². The van der Waals surface area contributed by atoms with E-state index in [1.165, 1.54) is 13.0 Å². The molecule has 314 valence electrons. The van der Waals surface area contributed by atoms with Gasteiger partial charge in [0.1, 0.15) is 35.6 Å². The van der Waals surface area contributed by atoms with Crippen molar-refractivity contribution in [1.29, 1.82) is 0 Å². The van der Waals surface area contributed by atoms with Crippen LogP contribution in [0, 0.1) is 22.7 Å². The zero-order valence-electron chi connectivity index (χ0n) is 34.7. The molecule has 2 heterocycles. The second-order valence-corrected chi connectivity index (χ2v) is 18.4. The summed E-state index contributed by atoms with van der Waals surface area (Å²) in [6.07, 6.45) is -6.09. The van der Waals surface area contributed by atoms with Gasteiger partial charge < -0.3 is 48.7 Å². The lowest BCUT2D eigenvalue weighted by atomic mass is 9.45. The number of alkyl carbamates (subject to hydrolysis) is 1. The maximum Gasteiger partial charge on any atom is 0.407 e. The standard InChI is InChI=1S/C43H59NO13/c1-12-28-53-32-29-23(4)26(52-37(48)31(46)30(22(2)3)44-38(49)57-39(6,7)8)20-43(50,40(29,9)10)35(55-36(47)25-16-14-13-15-17-25)33-41(11,34(32)54-28)19-18-27-42(33,21-51-27)56-24(5)45/h12-17,22,26-28,30-35,46,50H,1,18-21H2,2-11H3,(H,44,49)/t26-,27+,28+,30-,31+,32+,33-,34+,35-,41+,42-,43+/m0/s1. The molecule has 1 amide bonds. The van der Waals surface area contributed by atoms with Crippen molar-refractivity contribution in [2.24, 2.45) is 22.7 Å². The van der Waals surface area contributed by atoms with Crippen LogP contribution in [0.25, 0.3) is 0 Å². The average molecular weight is 798 g/mol. The molecule has 2 bridgehead atoms. The van der Waals surface area contributed by atoms with Crippen LogP contribution in [0.15, 0.2) is 54.1 Å². The largest absolute Gasteiger partial charge is 0.456 e. The third kappa shape index (κ3) is 7.30. The monoisotopic (exact) mass is 797 g/mol. The van der Waals surface area contributed by atoms with Crippen molar-refractivity contribution >= 4 is 24.0 Å². The smallest absolute Gasteiger partial charge is 0.407 e. The first-order chi connectivity index (χ1) is 26.5. The van der Waals surface area contributed by atoms with Crippen molar-refractivity contribution in [3.8, 4) is 0 Å². The summed E-state index contributed by atoms with van der Waals surface area (Å²) in [7, 11) is 0. The predicted molar refractivity (Wildman–Crippen MR) is 204 cm³/mol. The number of ether oxygens (including phenoxy) is 7. The molecule has 0 unspecified atom stereocenters. The fourth-order valence-electron chi connectivity index (χ4n) is 10.2. The summed E-state index contributed by atoms with van der Waals surface area (Å²) in [5.41, 5.74) is -5.09. The predicted octanol–water partition coefficient (Wildman–Crippen LogP) is 4.94. The summed E-state index contributed by atoms with van der Waals surface area (Å²) >= 11 is 0. The first kappa shape index (κ1) is 42.8. The maximum atomic E-state index is 14.3. The third-order valence-electron chi connectivity index (χ3n) is 13.0. The summed E-state index contributed by atoms with van der Waals surface area (Å²) < 4.78 is 43.8. The summed E-state index contributed by atoms with van der Waals surface area (Å²) in [5, 5.41) is 27.8. The van der Waals surface area contributed by atoms with Crippen molar-refractivity contribution in [2.75, 3.05) is 6.61 Å². The zero-order valence-corrected chi connectivity index (χ0v) is 34.7. The van der Waals surface area contributed by atoms with E-state index >= 15 is 0 Å². The molecule has 0 radical (unpaired) electrons. The van der Waals surface area contributed by atoms with Crippen LogP contribution in [0.2, 0.25) is 0 Å². The highest BCUT2D eigenvalue weighted by Crippen LogP contribution is 2.66. The number of carbonyl (C=O) groups excluding carboxylic acids is 4. The summed E-state index contributed by atoms with van der Waals surface area (Å²) in [5.74, 6) is -3.70. The number of carbonyl (C=O) groups is 4. The lowest BCUT2D eigenvalue weighted by Gasteiger charge is -2.68. The molecule has 14 heteroatoms. The van der Waals surface area contributed by atoms with Crippen molar-refractivity contribution in [2.45, 2.75) is 154 Å². The van der Waals surface area contributed by atoms with Gasteiger partial charge in [-0.1, -0.05) is 59.4 Å². The highest BCUT2D eigenvalue weighted by atomic mass is 16.7. The Morgan fingerprint density at radius 2 is 1.72 bits per heavy atom. The molecule has 1 aromatic carbocycles. The Morgan fingerprint density at radius 3 is 2.28 bits per heavy atom. The second kappa shape index (κ2) is 15.1. The van der Waals surface area contributed by atoms with Gasteiger partial charge in [0.25, 0.3) is 0 Å². The van der Waals surface area contributed by atoms with Crippen molar-refractivity contribution < 1.29 is 62.5 Å². The van der Waals surface area contributed by atoms with Crippen molar-refractivity contribution in [3.05, 3.63) is 59.7 Å². The molecule has 4 fully saturated rings. The van der Waals surface area contributed by atoms with E-state index in [0.717, 1.165) is 0 Å². The maximum absolute atomic E-state index is 14.3. The van der Waals surface area contributed by atoms with Crippen LogP contribution in [-0.2, 0) is 42.7 Å². The highest BCUT2D eigenvalue weighted by molar-refractivity contribution is 5.89. The van der Waals surface area contributed by atoms with E-state index in [2.05, 4.69) is 11.9 Å². The van der Waals surface area contributed by atoms with Crippen LogP contribution >= 0.6 is 0 Å². The molecule has 12 atom stereocenters. The topological polar surface area (TPSA) is 185 Å². The van der Waals surface area contributed by atoms with Crippen molar-refractivity contribution in [1.82, 2.24) is 5.32 Å². The first-order valence-corrected chi connectivity index (χ1v) is 19.8. The lowest BCUT2D eigenvalue weighted by molar-refractivity contribution is -0.345. The summed E-state index contributed by atoms with van der Waals surface area (Å²) in [6, 6.07) is 7.28. The molecule has 6 rings (SSSR count). The second-order valence-electron chi connectivity index (χ2n) is 18.4. The zero-order chi connectivity index (χ0) is 42.0. The number of aliphatic hydroxyl groups is 2. The van der Waals surface area contributed by atoms with E-state index in [1.807, 2.05) is 20.8 Å². The minimum atomic E-state index is -2.04. The number of esters is 3. The van der Waals surface area contributed by atoms with Gasteiger partial charge in [-0.2, -0.15) is 0 Å². The SMILES string of the molecule is C=C[C@@H]1O[C@@H]2C3=C(C)[C@@H](OC(=O)[C@H](O)[C@@H](NC(=O)OC(C)(C)C)C(C)C)C[C@@](O)([C@@H](OC(=O)c4ccccc4)[C@H]4[C@@](C)(CC[C@H]5OC[C@]54OC(C)=O)[C@@H]2O1)C3(C)C.